The predicted molar refractivity (Wildman–Crippen MR) is 110 cm³/mol. The molecule has 0 unspecified atom stereocenters. The molecule has 1 aliphatic heterocycles. The highest BCUT2D eigenvalue weighted by molar-refractivity contribution is 7.91. The van der Waals surface area contributed by atoms with Crippen molar-refractivity contribution in [1.29, 1.82) is 0 Å². The summed E-state index contributed by atoms with van der Waals surface area (Å²) in [6.45, 7) is 8.09. The normalized spacial score (nSPS) is 17.2. The lowest BCUT2D eigenvalue weighted by atomic mass is 9.85. The number of fused-ring (bicyclic) bond motifs is 1. The quantitative estimate of drug-likeness (QED) is 0.752. The van der Waals surface area contributed by atoms with Gasteiger partial charge in [0.25, 0.3) is 0 Å². The number of hydrogen-bond acceptors (Lipinski definition) is 4. The number of ether oxygens (including phenoxy) is 1. The molecule has 6 heteroatoms. The van der Waals surface area contributed by atoms with Crippen LogP contribution in [0.4, 0.5) is 0 Å². The molecule has 0 atom stereocenters. The fourth-order valence-electron chi connectivity index (χ4n) is 3.61. The Hall–Kier alpha value is -2.60. The maximum Gasteiger partial charge on any atom is 0.335 e. The minimum Gasteiger partial charge on any atom is -0.493 e. The Morgan fingerprint density at radius 2 is 1.86 bits per heavy atom. The summed E-state index contributed by atoms with van der Waals surface area (Å²) in [6.07, 6.45) is 1.94. The molecule has 2 aromatic carbocycles. The summed E-state index contributed by atoms with van der Waals surface area (Å²) in [6, 6.07) is 10.2. The molecule has 0 saturated carbocycles. The van der Waals surface area contributed by atoms with Gasteiger partial charge in [-0.3, -0.25) is 0 Å². The number of hydrogen-bond donors (Lipinski definition) is 1. The van der Waals surface area contributed by atoms with Gasteiger partial charge in [0, 0.05) is 11.0 Å². The molecule has 3 rings (SSSR count). The van der Waals surface area contributed by atoms with Crippen LogP contribution in [0.1, 0.15) is 54.7 Å². The standard InChI is InChI=1S/C22H24O5S/c1-5-27-19-12-20-18(22(3,4)13-28(20,25)26)11-17(19)14(2)10-15-6-8-16(9-7-15)21(23)24/h6-12H,5,13H2,1-4H3,(H,23,24)/b14-10+. The zero-order valence-electron chi connectivity index (χ0n) is 16.4. The van der Waals surface area contributed by atoms with Gasteiger partial charge in [0.1, 0.15) is 5.75 Å². The van der Waals surface area contributed by atoms with E-state index < -0.39 is 21.2 Å². The molecule has 2 aromatic rings. The summed E-state index contributed by atoms with van der Waals surface area (Å²) < 4.78 is 30.9. The Labute approximate surface area is 165 Å². The van der Waals surface area contributed by atoms with Gasteiger partial charge in [0.2, 0.25) is 0 Å². The molecule has 28 heavy (non-hydrogen) atoms. The van der Waals surface area contributed by atoms with E-state index >= 15 is 0 Å². The summed E-state index contributed by atoms with van der Waals surface area (Å²) in [7, 11) is -3.32. The minimum atomic E-state index is -3.32. The average Bonchev–Trinajstić information content (AvgIpc) is 2.79. The first-order chi connectivity index (χ1) is 13.0. The van der Waals surface area contributed by atoms with E-state index in [0.717, 1.165) is 22.3 Å². The molecule has 148 valence electrons. The average molecular weight is 400 g/mol. The number of benzene rings is 2. The Morgan fingerprint density at radius 1 is 1.21 bits per heavy atom. The molecule has 1 aliphatic rings. The van der Waals surface area contributed by atoms with Crippen molar-refractivity contribution >= 4 is 27.5 Å². The summed E-state index contributed by atoms with van der Waals surface area (Å²) >= 11 is 0. The van der Waals surface area contributed by atoms with Gasteiger partial charge >= 0.3 is 5.97 Å². The van der Waals surface area contributed by atoms with Crippen LogP contribution in [0.25, 0.3) is 11.6 Å². The topological polar surface area (TPSA) is 80.7 Å². The van der Waals surface area contributed by atoms with Crippen LogP contribution in [0.2, 0.25) is 0 Å². The number of carboxylic acid groups (broad SMARTS) is 1. The van der Waals surface area contributed by atoms with E-state index in [2.05, 4.69) is 0 Å². The monoisotopic (exact) mass is 400 g/mol. The van der Waals surface area contributed by atoms with E-state index in [1.54, 1.807) is 30.3 Å². The fourth-order valence-corrected chi connectivity index (χ4v) is 5.83. The number of carbonyl (C=O) groups is 1. The lowest BCUT2D eigenvalue weighted by Crippen LogP contribution is -2.19. The number of aromatic carboxylic acids is 1. The summed E-state index contributed by atoms with van der Waals surface area (Å²) in [5.41, 5.74) is 3.19. The van der Waals surface area contributed by atoms with E-state index in [0.29, 0.717) is 17.3 Å². The number of sulfone groups is 1. The summed E-state index contributed by atoms with van der Waals surface area (Å²) in [5.74, 6) is -0.338. The Balaban J connectivity index is 2.11. The smallest absolute Gasteiger partial charge is 0.335 e. The molecule has 1 N–H and O–H groups in total. The van der Waals surface area contributed by atoms with Crippen LogP contribution in [0.15, 0.2) is 41.3 Å². The molecule has 0 aromatic heterocycles. The molecule has 0 bridgehead atoms. The van der Waals surface area contributed by atoms with Crippen LogP contribution < -0.4 is 4.74 Å². The summed E-state index contributed by atoms with van der Waals surface area (Å²) in [4.78, 5) is 11.4. The van der Waals surface area contributed by atoms with E-state index in [-0.39, 0.29) is 11.3 Å². The Bertz CT molecular complexity index is 1060. The first kappa shape index (κ1) is 20.1. The van der Waals surface area contributed by atoms with Crippen molar-refractivity contribution in [3.63, 3.8) is 0 Å². The van der Waals surface area contributed by atoms with Gasteiger partial charge in [-0.25, -0.2) is 13.2 Å². The second-order valence-electron chi connectivity index (χ2n) is 7.68. The SMILES string of the molecule is CCOc1cc2c(cc1/C(C)=C/c1ccc(C(=O)O)cc1)C(C)(C)CS2(=O)=O. The van der Waals surface area contributed by atoms with Gasteiger partial charge in [-0.15, -0.1) is 0 Å². The van der Waals surface area contributed by atoms with Gasteiger partial charge in [-0.2, -0.15) is 0 Å². The molecular weight excluding hydrogens is 376 g/mol. The van der Waals surface area contributed by atoms with Crippen molar-refractivity contribution < 1.29 is 23.1 Å². The predicted octanol–water partition coefficient (Wildman–Crippen LogP) is 4.41. The highest BCUT2D eigenvalue weighted by atomic mass is 32.2. The maximum absolute atomic E-state index is 12.6. The minimum absolute atomic E-state index is 0.0871. The molecule has 0 spiro atoms. The number of rotatable bonds is 5. The zero-order valence-corrected chi connectivity index (χ0v) is 17.3. The second-order valence-corrected chi connectivity index (χ2v) is 9.63. The third-order valence-corrected chi connectivity index (χ3v) is 7.07. The number of allylic oxidation sites excluding steroid dienone is 1. The van der Waals surface area contributed by atoms with E-state index in [1.807, 2.05) is 39.8 Å². The Kier molecular flexibility index (Phi) is 5.10. The number of carboxylic acids is 1. The molecule has 0 saturated heterocycles. The highest BCUT2D eigenvalue weighted by Gasteiger charge is 2.41. The van der Waals surface area contributed by atoms with Crippen LogP contribution in [0.5, 0.6) is 5.75 Å². The first-order valence-electron chi connectivity index (χ1n) is 9.11. The van der Waals surface area contributed by atoms with Crippen molar-refractivity contribution in [2.24, 2.45) is 0 Å². The van der Waals surface area contributed by atoms with Crippen molar-refractivity contribution in [3.05, 3.63) is 58.7 Å². The Morgan fingerprint density at radius 3 is 2.43 bits per heavy atom. The zero-order chi connectivity index (χ0) is 20.7. The van der Waals surface area contributed by atoms with E-state index in [4.69, 9.17) is 9.84 Å². The molecule has 0 radical (unpaired) electrons. The third kappa shape index (κ3) is 3.69. The van der Waals surface area contributed by atoms with Gasteiger partial charge in [-0.05, 0) is 54.8 Å². The van der Waals surface area contributed by atoms with Crippen LogP contribution >= 0.6 is 0 Å². The van der Waals surface area contributed by atoms with Crippen LogP contribution in [0.3, 0.4) is 0 Å². The van der Waals surface area contributed by atoms with Gasteiger partial charge < -0.3 is 9.84 Å². The van der Waals surface area contributed by atoms with Crippen LogP contribution in [0, 0.1) is 0 Å². The second kappa shape index (κ2) is 7.09. The maximum atomic E-state index is 12.6. The summed E-state index contributed by atoms with van der Waals surface area (Å²) in [5, 5.41) is 9.03. The first-order valence-corrected chi connectivity index (χ1v) is 10.8. The lowest BCUT2D eigenvalue weighted by Gasteiger charge is -2.19. The van der Waals surface area contributed by atoms with Crippen molar-refractivity contribution in [1.82, 2.24) is 0 Å². The van der Waals surface area contributed by atoms with Crippen molar-refractivity contribution in [2.75, 3.05) is 12.4 Å². The molecule has 5 nitrogen and oxygen atoms in total. The molecule has 0 aliphatic carbocycles. The fraction of sp³-hybridized carbons (Fsp3) is 0.318. The molecule has 0 amide bonds. The molecule has 0 fully saturated rings. The van der Waals surface area contributed by atoms with Gasteiger partial charge in [0.05, 0.1) is 22.8 Å². The van der Waals surface area contributed by atoms with Gasteiger partial charge in [-0.1, -0.05) is 32.1 Å². The lowest BCUT2D eigenvalue weighted by molar-refractivity contribution is 0.0697. The molecule has 1 heterocycles. The third-order valence-electron chi connectivity index (χ3n) is 4.96. The van der Waals surface area contributed by atoms with Crippen molar-refractivity contribution in [3.8, 4) is 5.75 Å². The highest BCUT2D eigenvalue weighted by Crippen LogP contribution is 2.44. The van der Waals surface area contributed by atoms with E-state index in [9.17, 15) is 13.2 Å². The van der Waals surface area contributed by atoms with Crippen molar-refractivity contribution in [2.45, 2.75) is 38.0 Å². The van der Waals surface area contributed by atoms with Gasteiger partial charge in [0.15, 0.2) is 9.84 Å². The van der Waals surface area contributed by atoms with Crippen LogP contribution in [-0.2, 0) is 15.3 Å². The van der Waals surface area contributed by atoms with Crippen LogP contribution in [-0.4, -0.2) is 31.9 Å². The van der Waals surface area contributed by atoms with E-state index in [1.165, 1.54) is 0 Å². The largest absolute Gasteiger partial charge is 0.493 e. The molecular formula is C22H24O5S.